The van der Waals surface area contributed by atoms with Crippen LogP contribution in [0.15, 0.2) is 24.3 Å². The van der Waals surface area contributed by atoms with Gasteiger partial charge in [-0.15, -0.1) is 0 Å². The Morgan fingerprint density at radius 1 is 1.26 bits per heavy atom. The van der Waals surface area contributed by atoms with E-state index in [-0.39, 0.29) is 0 Å². The summed E-state index contributed by atoms with van der Waals surface area (Å²) in [6.45, 7) is 8.28. The third-order valence-corrected chi connectivity index (χ3v) is 4.39. The zero-order chi connectivity index (χ0) is 13.8. The van der Waals surface area contributed by atoms with Crippen LogP contribution in [0.4, 0.5) is 0 Å². The van der Waals surface area contributed by atoms with Gasteiger partial charge in [-0.25, -0.2) is 0 Å². The van der Waals surface area contributed by atoms with Gasteiger partial charge in [0, 0.05) is 32.8 Å². The van der Waals surface area contributed by atoms with Crippen molar-refractivity contribution in [2.24, 2.45) is 17.6 Å². The van der Waals surface area contributed by atoms with E-state index in [9.17, 15) is 0 Å². The number of nitrogens with two attached hydrogens (primary N) is 1. The Kier molecular flexibility index (Phi) is 4.97. The van der Waals surface area contributed by atoms with Crippen molar-refractivity contribution in [1.29, 1.82) is 0 Å². The molecule has 0 radical (unpaired) electrons. The molecule has 0 bridgehead atoms. The molecule has 1 saturated heterocycles. The molecule has 1 aliphatic heterocycles. The number of hydrogen-bond acceptors (Lipinski definition) is 3. The second-order valence-electron chi connectivity index (χ2n) is 5.79. The van der Waals surface area contributed by atoms with Gasteiger partial charge in [-0.05, 0) is 23.0 Å². The number of hydrogen-bond donors (Lipinski definition) is 1. The Morgan fingerprint density at radius 3 is 2.47 bits per heavy atom. The van der Waals surface area contributed by atoms with E-state index < -0.39 is 0 Å². The van der Waals surface area contributed by atoms with Gasteiger partial charge in [0.15, 0.2) is 0 Å². The van der Waals surface area contributed by atoms with Crippen molar-refractivity contribution in [3.05, 3.63) is 35.4 Å². The van der Waals surface area contributed by atoms with Crippen molar-refractivity contribution >= 4 is 0 Å². The van der Waals surface area contributed by atoms with Crippen LogP contribution >= 0.6 is 0 Å². The molecule has 2 N–H and O–H groups in total. The summed E-state index contributed by atoms with van der Waals surface area (Å²) in [7, 11) is 1.74. The summed E-state index contributed by atoms with van der Waals surface area (Å²) in [6.07, 6.45) is 0. The first-order chi connectivity index (χ1) is 9.17. The Bertz CT molecular complexity index is 397. The van der Waals surface area contributed by atoms with Crippen LogP contribution in [0.3, 0.4) is 0 Å². The van der Waals surface area contributed by atoms with Crippen molar-refractivity contribution in [2.75, 3.05) is 26.7 Å². The molecule has 0 aliphatic carbocycles. The first-order valence-corrected chi connectivity index (χ1v) is 7.18. The van der Waals surface area contributed by atoms with Crippen molar-refractivity contribution < 1.29 is 4.74 Å². The van der Waals surface area contributed by atoms with E-state index in [0.717, 1.165) is 24.9 Å². The second kappa shape index (κ2) is 6.51. The van der Waals surface area contributed by atoms with E-state index >= 15 is 0 Å². The van der Waals surface area contributed by atoms with Crippen molar-refractivity contribution in [2.45, 2.75) is 26.5 Å². The Hall–Kier alpha value is -0.900. The molecule has 0 spiro atoms. The molecular formula is C16H26N2O. The molecule has 19 heavy (non-hydrogen) atoms. The lowest BCUT2D eigenvalue weighted by Gasteiger charge is -2.29. The maximum absolute atomic E-state index is 6.06. The predicted molar refractivity (Wildman–Crippen MR) is 78.9 cm³/mol. The molecule has 1 heterocycles. The average Bonchev–Trinajstić information content (AvgIpc) is 2.73. The van der Waals surface area contributed by atoms with Crippen molar-refractivity contribution in [3.8, 4) is 0 Å². The Balaban J connectivity index is 2.22. The standard InChI is InChI=1S/C16H26N2O/c1-12-9-18(10-13(12)2)16(8-17)15-7-5-4-6-14(15)11-19-3/h4-7,12-13,16H,8-11,17H2,1-3H3. The lowest BCUT2D eigenvalue weighted by molar-refractivity contribution is 0.179. The maximum Gasteiger partial charge on any atom is 0.0716 e. The third-order valence-electron chi connectivity index (χ3n) is 4.39. The minimum atomic E-state index is 0.318. The molecular weight excluding hydrogens is 236 g/mol. The van der Waals surface area contributed by atoms with Gasteiger partial charge in [0.2, 0.25) is 0 Å². The molecule has 1 aromatic rings. The number of methoxy groups -OCH3 is 1. The molecule has 3 nitrogen and oxygen atoms in total. The van der Waals surface area contributed by atoms with Crippen molar-refractivity contribution in [1.82, 2.24) is 4.90 Å². The van der Waals surface area contributed by atoms with Crippen LogP contribution < -0.4 is 5.73 Å². The van der Waals surface area contributed by atoms with Gasteiger partial charge in [-0.2, -0.15) is 0 Å². The highest BCUT2D eigenvalue weighted by atomic mass is 16.5. The normalized spacial score (nSPS) is 25.7. The number of ether oxygens (including phenoxy) is 1. The summed E-state index contributed by atoms with van der Waals surface area (Å²) < 4.78 is 5.31. The summed E-state index contributed by atoms with van der Waals surface area (Å²) in [4.78, 5) is 2.53. The summed E-state index contributed by atoms with van der Waals surface area (Å²) in [5, 5.41) is 0. The van der Waals surface area contributed by atoms with Crippen LogP contribution in [0.5, 0.6) is 0 Å². The molecule has 1 aromatic carbocycles. The lowest BCUT2D eigenvalue weighted by Crippen LogP contribution is -2.33. The average molecular weight is 262 g/mol. The minimum Gasteiger partial charge on any atom is -0.380 e. The maximum atomic E-state index is 6.06. The summed E-state index contributed by atoms with van der Waals surface area (Å²) in [6, 6.07) is 8.82. The molecule has 106 valence electrons. The van der Waals surface area contributed by atoms with Crippen LogP contribution in [0.25, 0.3) is 0 Å². The minimum absolute atomic E-state index is 0.318. The van der Waals surface area contributed by atoms with E-state index in [0.29, 0.717) is 19.2 Å². The fraction of sp³-hybridized carbons (Fsp3) is 0.625. The predicted octanol–water partition coefficient (Wildman–Crippen LogP) is 2.42. The molecule has 3 unspecified atom stereocenters. The van der Waals surface area contributed by atoms with E-state index in [1.165, 1.54) is 11.1 Å². The van der Waals surface area contributed by atoms with Gasteiger partial charge >= 0.3 is 0 Å². The van der Waals surface area contributed by atoms with Crippen molar-refractivity contribution in [3.63, 3.8) is 0 Å². The number of nitrogens with zero attached hydrogens (tertiary/aromatic N) is 1. The topological polar surface area (TPSA) is 38.5 Å². The van der Waals surface area contributed by atoms with Gasteiger partial charge in [0.25, 0.3) is 0 Å². The van der Waals surface area contributed by atoms with Gasteiger partial charge in [0.05, 0.1) is 6.61 Å². The van der Waals surface area contributed by atoms with E-state index in [1.807, 2.05) is 0 Å². The molecule has 3 heteroatoms. The van der Waals surface area contributed by atoms with Crippen LogP contribution in [0, 0.1) is 11.8 Å². The number of likely N-dealkylation sites (tertiary alicyclic amines) is 1. The zero-order valence-electron chi connectivity index (χ0n) is 12.3. The first-order valence-electron chi connectivity index (χ1n) is 7.18. The fourth-order valence-electron chi connectivity index (χ4n) is 3.05. The molecule has 0 aromatic heterocycles. The Morgan fingerprint density at radius 2 is 1.89 bits per heavy atom. The zero-order valence-corrected chi connectivity index (χ0v) is 12.3. The van der Waals surface area contributed by atoms with Crippen LogP contribution in [0.1, 0.15) is 31.0 Å². The quantitative estimate of drug-likeness (QED) is 0.885. The smallest absolute Gasteiger partial charge is 0.0716 e. The molecule has 3 atom stereocenters. The van der Waals surface area contributed by atoms with Crippen LogP contribution in [0.2, 0.25) is 0 Å². The first kappa shape index (κ1) is 14.5. The SMILES string of the molecule is COCc1ccccc1C(CN)N1CC(C)C(C)C1. The number of rotatable bonds is 5. The van der Waals surface area contributed by atoms with E-state index in [2.05, 4.69) is 43.0 Å². The molecule has 1 fully saturated rings. The third kappa shape index (κ3) is 3.16. The van der Waals surface area contributed by atoms with Crippen LogP contribution in [-0.2, 0) is 11.3 Å². The highest BCUT2D eigenvalue weighted by Crippen LogP contribution is 2.31. The summed E-state index contributed by atoms with van der Waals surface area (Å²) in [5.74, 6) is 1.51. The summed E-state index contributed by atoms with van der Waals surface area (Å²) >= 11 is 0. The molecule has 0 amide bonds. The highest BCUT2D eigenvalue weighted by molar-refractivity contribution is 5.30. The molecule has 2 rings (SSSR count). The number of benzene rings is 1. The molecule has 1 aliphatic rings. The monoisotopic (exact) mass is 262 g/mol. The van der Waals surface area contributed by atoms with Crippen LogP contribution in [-0.4, -0.2) is 31.6 Å². The second-order valence-corrected chi connectivity index (χ2v) is 5.79. The lowest BCUT2D eigenvalue weighted by atomic mass is 9.99. The van der Waals surface area contributed by atoms with Gasteiger partial charge in [-0.3, -0.25) is 4.90 Å². The Labute approximate surface area is 116 Å². The van der Waals surface area contributed by atoms with Gasteiger partial charge in [0.1, 0.15) is 0 Å². The molecule has 0 saturated carbocycles. The fourth-order valence-corrected chi connectivity index (χ4v) is 3.05. The largest absolute Gasteiger partial charge is 0.380 e. The van der Waals surface area contributed by atoms with E-state index in [1.54, 1.807) is 7.11 Å². The van der Waals surface area contributed by atoms with Gasteiger partial charge in [-0.1, -0.05) is 38.1 Å². The summed E-state index contributed by atoms with van der Waals surface area (Å²) in [5.41, 5.74) is 8.64. The van der Waals surface area contributed by atoms with E-state index in [4.69, 9.17) is 10.5 Å². The van der Waals surface area contributed by atoms with Gasteiger partial charge < -0.3 is 10.5 Å². The highest BCUT2D eigenvalue weighted by Gasteiger charge is 2.31.